The van der Waals surface area contributed by atoms with Gasteiger partial charge in [-0.05, 0) is 48.8 Å². The highest BCUT2D eigenvalue weighted by atomic mass is 35.5. The Hall–Kier alpha value is -0.530. The van der Waals surface area contributed by atoms with Gasteiger partial charge in [0.05, 0.1) is 0 Å². The lowest BCUT2D eigenvalue weighted by atomic mass is 9.76. The molecule has 2 saturated carbocycles. The zero-order chi connectivity index (χ0) is 11.1. The molecule has 2 heteroatoms. The molecule has 2 unspecified atom stereocenters. The highest BCUT2D eigenvalue weighted by Gasteiger charge is 2.38. The molecule has 0 heterocycles. The van der Waals surface area contributed by atoms with E-state index in [9.17, 15) is 0 Å². The monoisotopic (exact) mass is 235 g/mol. The third-order valence-electron chi connectivity index (χ3n) is 4.02. The van der Waals surface area contributed by atoms with Gasteiger partial charge in [-0.1, -0.05) is 30.7 Å². The van der Waals surface area contributed by atoms with Crippen LogP contribution in [0, 0.1) is 5.92 Å². The van der Waals surface area contributed by atoms with Crippen LogP contribution >= 0.6 is 11.6 Å². The van der Waals surface area contributed by atoms with Gasteiger partial charge in [0.2, 0.25) is 0 Å². The van der Waals surface area contributed by atoms with E-state index in [1.165, 1.54) is 24.8 Å². The molecule has 0 aliphatic heterocycles. The summed E-state index contributed by atoms with van der Waals surface area (Å²) in [6.45, 7) is 2.32. The highest BCUT2D eigenvalue weighted by Crippen LogP contribution is 2.40. The first-order valence-electron chi connectivity index (χ1n) is 6.24. The fourth-order valence-corrected chi connectivity index (χ4v) is 2.84. The lowest BCUT2D eigenvalue weighted by Crippen LogP contribution is -2.41. The molecule has 0 aromatic heterocycles. The zero-order valence-corrected chi connectivity index (χ0v) is 10.4. The third-order valence-corrected chi connectivity index (χ3v) is 4.25. The molecule has 0 radical (unpaired) electrons. The van der Waals surface area contributed by atoms with Gasteiger partial charge in [-0.15, -0.1) is 0 Å². The van der Waals surface area contributed by atoms with Gasteiger partial charge in [-0.3, -0.25) is 0 Å². The first kappa shape index (κ1) is 10.6. The second-order valence-corrected chi connectivity index (χ2v) is 5.84. The van der Waals surface area contributed by atoms with Crippen LogP contribution in [0.4, 0.5) is 0 Å². The van der Waals surface area contributed by atoms with E-state index >= 15 is 0 Å². The Morgan fingerprint density at radius 1 is 1.25 bits per heavy atom. The summed E-state index contributed by atoms with van der Waals surface area (Å²) < 4.78 is 0. The van der Waals surface area contributed by atoms with E-state index in [2.05, 4.69) is 30.4 Å². The van der Waals surface area contributed by atoms with Crippen LogP contribution in [0.1, 0.15) is 37.7 Å². The van der Waals surface area contributed by atoms with Crippen molar-refractivity contribution in [1.82, 2.24) is 5.32 Å². The average Bonchev–Trinajstić information content (AvgIpc) is 2.87. The minimum Gasteiger partial charge on any atom is -0.311 e. The minimum atomic E-state index is 0.727. The van der Waals surface area contributed by atoms with Crippen molar-refractivity contribution in [1.29, 1.82) is 0 Å². The average molecular weight is 236 g/mol. The summed E-state index contributed by atoms with van der Waals surface area (Å²) in [7, 11) is 0. The van der Waals surface area contributed by atoms with Crippen molar-refractivity contribution in [3.05, 3.63) is 34.9 Å². The van der Waals surface area contributed by atoms with E-state index in [0.29, 0.717) is 0 Å². The summed E-state index contributed by atoms with van der Waals surface area (Å²) in [5, 5.41) is 4.59. The lowest BCUT2D eigenvalue weighted by molar-refractivity contribution is 0.286. The van der Waals surface area contributed by atoms with Gasteiger partial charge in [-0.2, -0.15) is 0 Å². The molecule has 0 bridgehead atoms. The van der Waals surface area contributed by atoms with Crippen molar-refractivity contribution in [2.75, 3.05) is 0 Å². The number of nitrogens with one attached hydrogen (secondary N) is 1. The Labute approximate surface area is 102 Å². The molecule has 2 atom stereocenters. The number of benzene rings is 1. The Kier molecular flexibility index (Phi) is 2.68. The lowest BCUT2D eigenvalue weighted by Gasteiger charge is -2.36. The van der Waals surface area contributed by atoms with Crippen molar-refractivity contribution >= 4 is 11.6 Å². The minimum absolute atomic E-state index is 0.727. The van der Waals surface area contributed by atoms with Gasteiger partial charge in [0.25, 0.3) is 0 Å². The normalized spacial score (nSPS) is 36.9. The smallest absolute Gasteiger partial charge is 0.0408 e. The number of hydrogen-bond acceptors (Lipinski definition) is 1. The van der Waals surface area contributed by atoms with Gasteiger partial charge in [-0.25, -0.2) is 0 Å². The van der Waals surface area contributed by atoms with Gasteiger partial charge < -0.3 is 5.32 Å². The predicted molar refractivity (Wildman–Crippen MR) is 67.9 cm³/mol. The van der Waals surface area contributed by atoms with Crippen molar-refractivity contribution in [3.8, 4) is 0 Å². The fourth-order valence-electron chi connectivity index (χ4n) is 2.64. The molecule has 2 aliphatic rings. The van der Waals surface area contributed by atoms with Gasteiger partial charge in [0, 0.05) is 17.1 Å². The predicted octanol–water partition coefficient (Wildman–Crippen LogP) is 3.58. The summed E-state index contributed by atoms with van der Waals surface area (Å²) in [5.74, 6) is 1.63. The largest absolute Gasteiger partial charge is 0.311 e. The first-order chi connectivity index (χ1) is 7.72. The quantitative estimate of drug-likeness (QED) is 0.845. The number of rotatable bonds is 3. The van der Waals surface area contributed by atoms with E-state index < -0.39 is 0 Å². The van der Waals surface area contributed by atoms with Crippen LogP contribution in [-0.2, 0) is 0 Å². The molecule has 1 nitrogen and oxygen atoms in total. The Morgan fingerprint density at radius 3 is 2.62 bits per heavy atom. The van der Waals surface area contributed by atoms with Crippen LogP contribution in [-0.4, -0.2) is 12.1 Å². The molecule has 2 fully saturated rings. The van der Waals surface area contributed by atoms with Crippen LogP contribution < -0.4 is 5.32 Å². The van der Waals surface area contributed by atoms with E-state index in [-0.39, 0.29) is 0 Å². The maximum atomic E-state index is 6.00. The molecule has 2 aliphatic carbocycles. The molecule has 0 spiro atoms. The maximum Gasteiger partial charge on any atom is 0.0408 e. The fraction of sp³-hybridized carbons (Fsp3) is 0.571. The Balaban J connectivity index is 1.53. The molecule has 1 aromatic rings. The Bertz CT molecular complexity index is 384. The molecule has 86 valence electrons. The van der Waals surface area contributed by atoms with Crippen LogP contribution in [0.2, 0.25) is 5.02 Å². The van der Waals surface area contributed by atoms with Crippen molar-refractivity contribution in [2.24, 2.45) is 5.92 Å². The zero-order valence-electron chi connectivity index (χ0n) is 9.62. The van der Waals surface area contributed by atoms with E-state index in [1.54, 1.807) is 0 Å². The summed E-state index contributed by atoms with van der Waals surface area (Å²) >= 11 is 6.00. The van der Waals surface area contributed by atoms with E-state index in [0.717, 1.165) is 28.9 Å². The molecule has 16 heavy (non-hydrogen) atoms. The van der Waals surface area contributed by atoms with Crippen LogP contribution in [0.25, 0.3) is 0 Å². The summed E-state index contributed by atoms with van der Waals surface area (Å²) in [6, 6.07) is 9.88. The van der Waals surface area contributed by atoms with Crippen molar-refractivity contribution in [3.63, 3.8) is 0 Å². The summed E-state index contributed by atoms with van der Waals surface area (Å²) in [5.41, 5.74) is 1.41. The number of hydrogen-bond donors (Lipinski definition) is 1. The van der Waals surface area contributed by atoms with Crippen molar-refractivity contribution in [2.45, 2.75) is 44.2 Å². The SMILES string of the molecule is CC1CC1NC1CC(c2cccc(Cl)c2)C1. The first-order valence-corrected chi connectivity index (χ1v) is 6.61. The Morgan fingerprint density at radius 2 is 2.00 bits per heavy atom. The molecule has 0 amide bonds. The summed E-state index contributed by atoms with van der Waals surface area (Å²) in [4.78, 5) is 0. The molecular formula is C14H18ClN. The third kappa shape index (κ3) is 2.11. The van der Waals surface area contributed by atoms with E-state index in [1.807, 2.05) is 6.07 Å². The van der Waals surface area contributed by atoms with Gasteiger partial charge in [0.1, 0.15) is 0 Å². The molecule has 0 saturated heterocycles. The van der Waals surface area contributed by atoms with Crippen LogP contribution in [0.3, 0.4) is 0 Å². The van der Waals surface area contributed by atoms with Crippen LogP contribution in [0.5, 0.6) is 0 Å². The molecule has 1 N–H and O–H groups in total. The maximum absolute atomic E-state index is 6.00. The molecule has 3 rings (SSSR count). The van der Waals surface area contributed by atoms with Crippen molar-refractivity contribution < 1.29 is 0 Å². The van der Waals surface area contributed by atoms with Crippen LogP contribution in [0.15, 0.2) is 24.3 Å². The van der Waals surface area contributed by atoms with Gasteiger partial charge in [0.15, 0.2) is 0 Å². The summed E-state index contributed by atoms with van der Waals surface area (Å²) in [6.07, 6.45) is 3.94. The second-order valence-electron chi connectivity index (χ2n) is 5.41. The topological polar surface area (TPSA) is 12.0 Å². The molecule has 1 aromatic carbocycles. The van der Waals surface area contributed by atoms with E-state index in [4.69, 9.17) is 11.6 Å². The van der Waals surface area contributed by atoms with Gasteiger partial charge >= 0.3 is 0 Å². The highest BCUT2D eigenvalue weighted by molar-refractivity contribution is 6.30. The standard InChI is InChI=1S/C14H18ClN/c1-9-5-14(9)16-13-7-11(8-13)10-3-2-4-12(15)6-10/h2-4,6,9,11,13-14,16H,5,7-8H2,1H3. The molecular weight excluding hydrogens is 218 g/mol. The second kappa shape index (κ2) is 4.05. The number of halogens is 1.